The quantitative estimate of drug-likeness (QED) is 0.0198. The second-order valence-electron chi connectivity index (χ2n) is 18.2. The number of unbranched alkanes of at least 4 members (excludes halogenated alkanes) is 29. The number of phosphoric ester groups is 1. The molecule has 0 N–H and O–H groups in total. The summed E-state index contributed by atoms with van der Waals surface area (Å²) in [6.07, 6.45) is 50.7. The first kappa shape index (κ1) is 58.0. The van der Waals surface area contributed by atoms with Gasteiger partial charge in [-0.25, -0.2) is 0 Å². The highest BCUT2D eigenvalue weighted by molar-refractivity contribution is 7.45. The summed E-state index contributed by atoms with van der Waals surface area (Å²) < 4.78 is 34.7. The van der Waals surface area contributed by atoms with E-state index in [9.17, 15) is 14.3 Å². The molecule has 0 aromatic rings. The van der Waals surface area contributed by atoms with Crippen LogP contribution < -0.4 is 4.89 Å². The van der Waals surface area contributed by atoms with Crippen LogP contribution in [-0.4, -0.2) is 70.7 Å². The van der Waals surface area contributed by atoms with Crippen molar-refractivity contribution in [3.8, 4) is 0 Å². The Morgan fingerprint density at radius 1 is 0.525 bits per heavy atom. The number of carbonyl (C=O) groups is 1. The van der Waals surface area contributed by atoms with Gasteiger partial charge in [-0.15, -0.1) is 0 Å². The molecule has 0 spiro atoms. The highest BCUT2D eigenvalue weighted by Gasteiger charge is 2.20. The molecule has 0 rings (SSSR count). The van der Waals surface area contributed by atoms with Crippen molar-refractivity contribution < 1.29 is 37.3 Å². The molecule has 0 amide bonds. The number of phosphoric acid groups is 1. The van der Waals surface area contributed by atoms with Crippen molar-refractivity contribution in [3.05, 3.63) is 24.3 Å². The van der Waals surface area contributed by atoms with Crippen LogP contribution in [0.25, 0.3) is 0 Å². The first-order chi connectivity index (χ1) is 28.6. The Kier molecular flexibility index (Phi) is 42.9. The molecular weight excluding hydrogens is 758 g/mol. The molecular formula is C50H98NO7P. The number of rotatable bonds is 47. The Bertz CT molecular complexity index is 998. The van der Waals surface area contributed by atoms with Crippen molar-refractivity contribution >= 4 is 13.8 Å². The summed E-state index contributed by atoms with van der Waals surface area (Å²) >= 11 is 0. The number of hydrogen-bond acceptors (Lipinski definition) is 7. The van der Waals surface area contributed by atoms with Gasteiger partial charge in [0.15, 0.2) is 0 Å². The fourth-order valence-electron chi connectivity index (χ4n) is 7.12. The average molecular weight is 856 g/mol. The van der Waals surface area contributed by atoms with Crippen LogP contribution in [-0.2, 0) is 27.9 Å². The van der Waals surface area contributed by atoms with Gasteiger partial charge in [-0.2, -0.15) is 0 Å². The van der Waals surface area contributed by atoms with Crippen LogP contribution in [0.5, 0.6) is 0 Å². The SMILES string of the molecule is CCC/C=C\C/C=C\CCCCCCCC(=O)OC(COCCCCCCCCCCCCCCCCCCCCCCCCCC)COP(=O)([O-])OCC[N+](C)(C)C. The van der Waals surface area contributed by atoms with E-state index in [1.54, 1.807) is 0 Å². The van der Waals surface area contributed by atoms with Gasteiger partial charge in [-0.1, -0.05) is 212 Å². The zero-order valence-electron chi connectivity index (χ0n) is 39.7. The zero-order valence-corrected chi connectivity index (χ0v) is 40.6. The minimum Gasteiger partial charge on any atom is -0.756 e. The van der Waals surface area contributed by atoms with Crippen LogP contribution in [0.4, 0.5) is 0 Å². The third-order valence-corrected chi connectivity index (χ3v) is 12.0. The van der Waals surface area contributed by atoms with Crippen molar-refractivity contribution in [1.82, 2.24) is 0 Å². The van der Waals surface area contributed by atoms with Gasteiger partial charge in [0.1, 0.15) is 19.3 Å². The number of quaternary nitrogens is 1. The Labute approximate surface area is 366 Å². The topological polar surface area (TPSA) is 94.1 Å². The second kappa shape index (κ2) is 43.6. The van der Waals surface area contributed by atoms with Crippen molar-refractivity contribution in [1.29, 1.82) is 0 Å². The van der Waals surface area contributed by atoms with E-state index >= 15 is 0 Å². The minimum absolute atomic E-state index is 0.0253. The normalized spacial score (nSPS) is 13.8. The Hall–Kier alpha value is -1.02. The van der Waals surface area contributed by atoms with E-state index in [0.29, 0.717) is 24.1 Å². The fourth-order valence-corrected chi connectivity index (χ4v) is 7.84. The monoisotopic (exact) mass is 856 g/mol. The maximum atomic E-state index is 12.7. The molecule has 0 radical (unpaired) electrons. The van der Waals surface area contributed by atoms with Gasteiger partial charge in [0, 0.05) is 13.0 Å². The van der Waals surface area contributed by atoms with Crippen molar-refractivity contribution in [3.63, 3.8) is 0 Å². The zero-order chi connectivity index (χ0) is 43.4. The highest BCUT2D eigenvalue weighted by Crippen LogP contribution is 2.38. The number of allylic oxidation sites excluding steroid dienone is 4. The second-order valence-corrected chi connectivity index (χ2v) is 19.6. The summed E-state index contributed by atoms with van der Waals surface area (Å²) in [5.41, 5.74) is 0. The average Bonchev–Trinajstić information content (AvgIpc) is 3.19. The number of ether oxygens (including phenoxy) is 2. The number of esters is 1. The maximum absolute atomic E-state index is 12.7. The van der Waals surface area contributed by atoms with Gasteiger partial charge < -0.3 is 27.9 Å². The Balaban J connectivity index is 4.04. The van der Waals surface area contributed by atoms with Crippen molar-refractivity contribution in [2.24, 2.45) is 0 Å². The maximum Gasteiger partial charge on any atom is 0.306 e. The van der Waals surface area contributed by atoms with E-state index in [-0.39, 0.29) is 25.8 Å². The van der Waals surface area contributed by atoms with E-state index in [1.165, 1.54) is 148 Å². The van der Waals surface area contributed by atoms with Gasteiger partial charge in [-0.05, 0) is 38.5 Å². The largest absolute Gasteiger partial charge is 0.756 e. The van der Waals surface area contributed by atoms with Gasteiger partial charge in [0.05, 0.1) is 34.4 Å². The van der Waals surface area contributed by atoms with E-state index in [4.69, 9.17) is 18.5 Å². The number of nitrogens with zero attached hydrogens (tertiary/aromatic N) is 1. The van der Waals surface area contributed by atoms with Crippen LogP contribution in [0, 0.1) is 0 Å². The molecule has 0 aliphatic heterocycles. The molecule has 0 saturated heterocycles. The molecule has 350 valence electrons. The van der Waals surface area contributed by atoms with Crippen molar-refractivity contribution in [2.45, 2.75) is 238 Å². The molecule has 2 unspecified atom stereocenters. The molecule has 0 aliphatic rings. The van der Waals surface area contributed by atoms with Crippen LogP contribution in [0.1, 0.15) is 232 Å². The summed E-state index contributed by atoms with van der Waals surface area (Å²) in [6.45, 7) is 5.37. The van der Waals surface area contributed by atoms with E-state index in [1.807, 2.05) is 21.1 Å². The van der Waals surface area contributed by atoms with Crippen LogP contribution in [0.3, 0.4) is 0 Å². The molecule has 0 fully saturated rings. The number of carbonyl (C=O) groups excluding carboxylic acids is 1. The van der Waals surface area contributed by atoms with E-state index < -0.39 is 13.9 Å². The molecule has 0 aromatic carbocycles. The molecule has 0 bridgehead atoms. The highest BCUT2D eigenvalue weighted by atomic mass is 31.2. The van der Waals surface area contributed by atoms with E-state index in [2.05, 4.69) is 38.2 Å². The van der Waals surface area contributed by atoms with Crippen LogP contribution >= 0.6 is 7.82 Å². The Morgan fingerprint density at radius 3 is 1.44 bits per heavy atom. The van der Waals surface area contributed by atoms with Crippen molar-refractivity contribution in [2.75, 3.05) is 54.1 Å². The predicted octanol–water partition coefficient (Wildman–Crippen LogP) is 14.5. The summed E-state index contributed by atoms with van der Waals surface area (Å²) in [5, 5.41) is 0. The summed E-state index contributed by atoms with van der Waals surface area (Å²) in [7, 11) is 1.36. The van der Waals surface area contributed by atoms with Gasteiger partial charge >= 0.3 is 5.97 Å². The summed E-state index contributed by atoms with van der Waals surface area (Å²) in [6, 6.07) is 0. The van der Waals surface area contributed by atoms with Crippen LogP contribution in [0.15, 0.2) is 24.3 Å². The molecule has 0 aromatic heterocycles. The predicted molar refractivity (Wildman–Crippen MR) is 250 cm³/mol. The lowest BCUT2D eigenvalue weighted by Crippen LogP contribution is -2.37. The molecule has 0 heterocycles. The molecule has 9 heteroatoms. The molecule has 0 saturated carbocycles. The molecule has 8 nitrogen and oxygen atoms in total. The molecule has 59 heavy (non-hydrogen) atoms. The summed E-state index contributed by atoms with van der Waals surface area (Å²) in [5.74, 6) is -0.345. The summed E-state index contributed by atoms with van der Waals surface area (Å²) in [4.78, 5) is 25.1. The number of hydrogen-bond donors (Lipinski definition) is 0. The fraction of sp³-hybridized carbons (Fsp3) is 0.900. The van der Waals surface area contributed by atoms with Gasteiger partial charge in [-0.3, -0.25) is 9.36 Å². The van der Waals surface area contributed by atoms with Gasteiger partial charge in [0.2, 0.25) is 0 Å². The minimum atomic E-state index is -4.53. The van der Waals surface area contributed by atoms with Crippen LogP contribution in [0.2, 0.25) is 0 Å². The molecule has 2 atom stereocenters. The standard InChI is InChI=1S/C50H98NO7P/c1-6-8-10-12-14-16-18-20-21-22-23-24-25-26-27-28-29-30-32-34-36-38-40-42-45-55-47-49(48-57-59(53,54)56-46-44-51(3,4)5)58-50(52)43-41-39-37-35-33-31-19-17-15-13-11-9-7-2/h11,13,17,19,49H,6-10,12,14-16,18,20-48H2,1-5H3/b13-11-,19-17-. The first-order valence-electron chi connectivity index (χ1n) is 25.1. The number of likely N-dealkylation sites (N-methyl/N-ethyl adjacent to an activating group) is 1. The third kappa shape index (κ3) is 47.9. The Morgan fingerprint density at radius 2 is 0.966 bits per heavy atom. The third-order valence-electron chi connectivity index (χ3n) is 11.0. The van der Waals surface area contributed by atoms with E-state index in [0.717, 1.165) is 64.2 Å². The lowest BCUT2D eigenvalue weighted by Gasteiger charge is -2.28. The van der Waals surface area contributed by atoms with Gasteiger partial charge in [0.25, 0.3) is 7.82 Å². The lowest BCUT2D eigenvalue weighted by atomic mass is 10.0. The molecule has 0 aliphatic carbocycles. The smallest absolute Gasteiger partial charge is 0.306 e. The lowest BCUT2D eigenvalue weighted by molar-refractivity contribution is -0.870. The first-order valence-corrected chi connectivity index (χ1v) is 26.5.